The molecule has 2 fully saturated rings. The maximum Gasteiger partial charge on any atom is 0.319 e. The van der Waals surface area contributed by atoms with Gasteiger partial charge in [0, 0.05) is 24.7 Å². The molecule has 3 rings (SSSR count). The molecule has 1 unspecified atom stereocenters. The number of carbonyl (C=O) groups is 1. The lowest BCUT2D eigenvalue weighted by molar-refractivity contribution is 0.0739. The molecule has 7 heteroatoms. The molecule has 0 bridgehead atoms. The zero-order valence-corrected chi connectivity index (χ0v) is 13.8. The molecule has 2 saturated heterocycles. The summed E-state index contributed by atoms with van der Waals surface area (Å²) < 4.78 is 10.8. The molecule has 2 N–H and O–H groups in total. The van der Waals surface area contributed by atoms with E-state index in [1.807, 2.05) is 12.1 Å². The number of hydrogen-bond donors (Lipinski definition) is 2. The second-order valence-electron chi connectivity index (χ2n) is 5.77. The van der Waals surface area contributed by atoms with Gasteiger partial charge in [-0.25, -0.2) is 4.79 Å². The topological polar surface area (TPSA) is 62.8 Å². The van der Waals surface area contributed by atoms with Crippen LogP contribution in [-0.4, -0.2) is 51.6 Å². The molecular weight excluding hydrogens is 318 g/mol. The van der Waals surface area contributed by atoms with E-state index in [9.17, 15) is 4.79 Å². The second-order valence-corrected chi connectivity index (χ2v) is 6.21. The molecule has 126 valence electrons. The van der Waals surface area contributed by atoms with Crippen molar-refractivity contribution in [1.82, 2.24) is 5.32 Å². The average Bonchev–Trinajstić information content (AvgIpc) is 2.56. The average molecular weight is 340 g/mol. The van der Waals surface area contributed by atoms with E-state index in [0.29, 0.717) is 30.5 Å². The van der Waals surface area contributed by atoms with Crippen molar-refractivity contribution in [2.75, 3.05) is 49.7 Å². The number of urea groups is 1. The van der Waals surface area contributed by atoms with Crippen molar-refractivity contribution in [3.05, 3.63) is 23.2 Å². The molecule has 1 atom stereocenters. The van der Waals surface area contributed by atoms with E-state index in [0.717, 1.165) is 38.2 Å². The summed E-state index contributed by atoms with van der Waals surface area (Å²) in [4.78, 5) is 14.5. The first-order valence-corrected chi connectivity index (χ1v) is 8.38. The number of amides is 2. The van der Waals surface area contributed by atoms with Crippen LogP contribution in [0.5, 0.6) is 0 Å². The van der Waals surface area contributed by atoms with Crippen LogP contribution in [0.3, 0.4) is 0 Å². The Bertz CT molecular complexity index is 543. The highest BCUT2D eigenvalue weighted by Gasteiger charge is 2.19. The second kappa shape index (κ2) is 7.86. The van der Waals surface area contributed by atoms with E-state index < -0.39 is 0 Å². The van der Waals surface area contributed by atoms with Gasteiger partial charge in [0.1, 0.15) is 0 Å². The summed E-state index contributed by atoms with van der Waals surface area (Å²) in [5, 5.41) is 6.47. The van der Waals surface area contributed by atoms with Gasteiger partial charge in [-0.3, -0.25) is 0 Å². The zero-order chi connectivity index (χ0) is 16.1. The number of hydrogen-bond acceptors (Lipinski definition) is 4. The summed E-state index contributed by atoms with van der Waals surface area (Å²) >= 11 is 6.10. The molecule has 0 spiro atoms. The van der Waals surface area contributed by atoms with Gasteiger partial charge < -0.3 is 25.0 Å². The van der Waals surface area contributed by atoms with Gasteiger partial charge in [0.15, 0.2) is 0 Å². The highest BCUT2D eigenvalue weighted by atomic mass is 35.5. The molecule has 0 saturated carbocycles. The Hall–Kier alpha value is -1.50. The third-order valence-electron chi connectivity index (χ3n) is 4.05. The zero-order valence-electron chi connectivity index (χ0n) is 13.0. The van der Waals surface area contributed by atoms with Gasteiger partial charge >= 0.3 is 6.03 Å². The van der Waals surface area contributed by atoms with Crippen LogP contribution in [0.2, 0.25) is 5.02 Å². The summed E-state index contributed by atoms with van der Waals surface area (Å²) in [7, 11) is 0. The maximum absolute atomic E-state index is 12.3. The number of morpholine rings is 1. The van der Waals surface area contributed by atoms with Crippen molar-refractivity contribution in [2.24, 2.45) is 0 Å². The van der Waals surface area contributed by atoms with Crippen LogP contribution in [0.25, 0.3) is 0 Å². The largest absolute Gasteiger partial charge is 0.379 e. The third kappa shape index (κ3) is 4.50. The van der Waals surface area contributed by atoms with Crippen LogP contribution in [0, 0.1) is 0 Å². The van der Waals surface area contributed by atoms with E-state index in [1.165, 1.54) is 0 Å². The Morgan fingerprint density at radius 3 is 2.78 bits per heavy atom. The molecule has 2 aliphatic rings. The number of nitrogens with zero attached hydrogens (tertiary/aromatic N) is 1. The van der Waals surface area contributed by atoms with E-state index >= 15 is 0 Å². The SMILES string of the molecule is O=C(Nc1cc(Cl)ccc1N1CCOCC1)NC1CCCOC1. The van der Waals surface area contributed by atoms with Gasteiger partial charge in [0.25, 0.3) is 0 Å². The van der Waals surface area contributed by atoms with Gasteiger partial charge in [-0.2, -0.15) is 0 Å². The van der Waals surface area contributed by atoms with Crippen molar-refractivity contribution >= 4 is 29.0 Å². The van der Waals surface area contributed by atoms with E-state index in [4.69, 9.17) is 21.1 Å². The predicted molar refractivity (Wildman–Crippen MR) is 90.5 cm³/mol. The summed E-state index contributed by atoms with van der Waals surface area (Å²) in [5.41, 5.74) is 1.68. The van der Waals surface area contributed by atoms with Crippen LogP contribution in [0.4, 0.5) is 16.2 Å². The fourth-order valence-electron chi connectivity index (χ4n) is 2.89. The predicted octanol–water partition coefficient (Wildman–Crippen LogP) is 2.48. The van der Waals surface area contributed by atoms with Crippen molar-refractivity contribution in [2.45, 2.75) is 18.9 Å². The summed E-state index contributed by atoms with van der Waals surface area (Å²) in [6, 6.07) is 5.40. The Labute approximate surface area is 141 Å². The van der Waals surface area contributed by atoms with Gasteiger partial charge in [-0.15, -0.1) is 0 Å². The van der Waals surface area contributed by atoms with Crippen LogP contribution in [0.15, 0.2) is 18.2 Å². The first-order chi connectivity index (χ1) is 11.2. The maximum atomic E-state index is 12.3. The number of carbonyl (C=O) groups excluding carboxylic acids is 1. The third-order valence-corrected chi connectivity index (χ3v) is 4.29. The summed E-state index contributed by atoms with van der Waals surface area (Å²) in [6.07, 6.45) is 1.92. The van der Waals surface area contributed by atoms with Gasteiger partial charge in [0.2, 0.25) is 0 Å². The minimum absolute atomic E-state index is 0.0646. The van der Waals surface area contributed by atoms with Crippen molar-refractivity contribution in [3.8, 4) is 0 Å². The van der Waals surface area contributed by atoms with Crippen LogP contribution in [0.1, 0.15) is 12.8 Å². The van der Waals surface area contributed by atoms with E-state index in [1.54, 1.807) is 6.07 Å². The normalized spacial score (nSPS) is 21.8. The standard InChI is InChI=1S/C16H22ClN3O3/c17-12-3-4-15(20-5-8-22-9-6-20)14(10-12)19-16(21)18-13-2-1-7-23-11-13/h3-4,10,13H,1-2,5-9,11H2,(H2,18,19,21). The van der Waals surface area contributed by atoms with Crippen LogP contribution in [-0.2, 0) is 9.47 Å². The van der Waals surface area contributed by atoms with Crippen molar-refractivity contribution in [3.63, 3.8) is 0 Å². The number of halogens is 1. The minimum Gasteiger partial charge on any atom is -0.379 e. The van der Waals surface area contributed by atoms with Crippen molar-refractivity contribution in [1.29, 1.82) is 0 Å². The Morgan fingerprint density at radius 2 is 2.04 bits per heavy atom. The number of ether oxygens (including phenoxy) is 2. The Balaban J connectivity index is 1.67. The summed E-state index contributed by atoms with van der Waals surface area (Å²) in [5.74, 6) is 0. The van der Waals surface area contributed by atoms with Crippen molar-refractivity contribution < 1.29 is 14.3 Å². The minimum atomic E-state index is -0.225. The lowest BCUT2D eigenvalue weighted by atomic mass is 10.1. The molecule has 2 aliphatic heterocycles. The molecule has 2 amide bonds. The number of anilines is 2. The quantitative estimate of drug-likeness (QED) is 0.888. The molecule has 0 aromatic heterocycles. The Kier molecular flexibility index (Phi) is 5.59. The fourth-order valence-corrected chi connectivity index (χ4v) is 3.06. The number of nitrogens with one attached hydrogen (secondary N) is 2. The van der Waals surface area contributed by atoms with Crippen LogP contribution < -0.4 is 15.5 Å². The van der Waals surface area contributed by atoms with Gasteiger partial charge in [-0.05, 0) is 31.0 Å². The van der Waals surface area contributed by atoms with E-state index in [-0.39, 0.29) is 12.1 Å². The lowest BCUT2D eigenvalue weighted by Gasteiger charge is -2.31. The highest BCUT2D eigenvalue weighted by Crippen LogP contribution is 2.29. The van der Waals surface area contributed by atoms with Gasteiger partial charge in [-0.1, -0.05) is 11.6 Å². The van der Waals surface area contributed by atoms with Crippen LogP contribution >= 0.6 is 11.6 Å². The molecule has 0 radical (unpaired) electrons. The summed E-state index contributed by atoms with van der Waals surface area (Å²) in [6.45, 7) is 4.32. The van der Waals surface area contributed by atoms with E-state index in [2.05, 4.69) is 15.5 Å². The monoisotopic (exact) mass is 339 g/mol. The number of benzene rings is 1. The smallest absolute Gasteiger partial charge is 0.319 e. The number of rotatable bonds is 3. The highest BCUT2D eigenvalue weighted by molar-refractivity contribution is 6.31. The molecule has 1 aromatic rings. The molecule has 23 heavy (non-hydrogen) atoms. The fraction of sp³-hybridized carbons (Fsp3) is 0.562. The van der Waals surface area contributed by atoms with Gasteiger partial charge in [0.05, 0.1) is 37.2 Å². The molecule has 0 aliphatic carbocycles. The Morgan fingerprint density at radius 1 is 1.22 bits per heavy atom. The molecule has 1 aromatic carbocycles. The molecule has 2 heterocycles. The molecular formula is C16H22ClN3O3. The molecule has 6 nitrogen and oxygen atoms in total. The first-order valence-electron chi connectivity index (χ1n) is 8.00. The first kappa shape index (κ1) is 16.4. The lowest BCUT2D eigenvalue weighted by Crippen LogP contribution is -2.43.